The number of likely N-dealkylation sites (tertiary alicyclic amines) is 1. The summed E-state index contributed by atoms with van der Waals surface area (Å²) in [5.74, 6) is -1.32. The molecule has 2 rings (SSSR count). The van der Waals surface area contributed by atoms with Crippen molar-refractivity contribution in [3.05, 3.63) is 17.5 Å². The quantitative estimate of drug-likeness (QED) is 0.884. The van der Waals surface area contributed by atoms with Crippen LogP contribution in [0.25, 0.3) is 0 Å². The number of aromatic nitrogens is 2. The zero-order valence-corrected chi connectivity index (χ0v) is 11.5. The first-order valence-electron chi connectivity index (χ1n) is 6.44. The molecule has 6 nitrogen and oxygen atoms in total. The second kappa shape index (κ2) is 5.03. The lowest BCUT2D eigenvalue weighted by atomic mass is 10.1. The Hall–Kier alpha value is -1.85. The van der Waals surface area contributed by atoms with Gasteiger partial charge in [-0.05, 0) is 33.3 Å². The van der Waals surface area contributed by atoms with Gasteiger partial charge in [0, 0.05) is 18.8 Å². The summed E-state index contributed by atoms with van der Waals surface area (Å²) in [6.45, 7) is 6.41. The van der Waals surface area contributed by atoms with Crippen molar-refractivity contribution in [3.63, 3.8) is 0 Å². The molecule has 0 bridgehead atoms. The first kappa shape index (κ1) is 13.6. The monoisotopic (exact) mass is 265 g/mol. The third-order valence-corrected chi connectivity index (χ3v) is 3.62. The summed E-state index contributed by atoms with van der Waals surface area (Å²) in [7, 11) is 0. The highest BCUT2D eigenvalue weighted by molar-refractivity contribution is 5.81. The van der Waals surface area contributed by atoms with Gasteiger partial charge in [-0.2, -0.15) is 5.10 Å². The highest BCUT2D eigenvalue weighted by atomic mass is 16.4. The van der Waals surface area contributed by atoms with Crippen LogP contribution in [-0.2, 0) is 9.59 Å². The fraction of sp³-hybridized carbons (Fsp3) is 0.615. The number of hydrogen-bond acceptors (Lipinski definition) is 3. The van der Waals surface area contributed by atoms with Crippen molar-refractivity contribution in [1.82, 2.24) is 14.7 Å². The lowest BCUT2D eigenvalue weighted by Gasteiger charge is -2.21. The van der Waals surface area contributed by atoms with Crippen LogP contribution in [0.1, 0.15) is 30.8 Å². The molecule has 0 radical (unpaired) electrons. The summed E-state index contributed by atoms with van der Waals surface area (Å²) in [6, 6.07) is 1.54. The molecule has 1 fully saturated rings. The Labute approximate surface area is 112 Å². The number of hydrogen-bond donors (Lipinski definition) is 1. The topological polar surface area (TPSA) is 75.4 Å². The fourth-order valence-electron chi connectivity index (χ4n) is 2.57. The third kappa shape index (κ3) is 2.62. The van der Waals surface area contributed by atoms with Crippen molar-refractivity contribution in [1.29, 1.82) is 0 Å². The zero-order chi connectivity index (χ0) is 14.2. The molecule has 1 aliphatic heterocycles. The van der Waals surface area contributed by atoms with Crippen molar-refractivity contribution >= 4 is 11.9 Å². The molecule has 2 atom stereocenters. The maximum atomic E-state index is 12.3. The van der Waals surface area contributed by atoms with Crippen LogP contribution >= 0.6 is 0 Å². The molecule has 19 heavy (non-hydrogen) atoms. The lowest BCUT2D eigenvalue weighted by Crippen LogP contribution is -2.36. The second-order valence-corrected chi connectivity index (χ2v) is 5.16. The number of carbonyl (C=O) groups is 2. The van der Waals surface area contributed by atoms with Gasteiger partial charge in [0.2, 0.25) is 5.91 Å². The molecule has 0 spiro atoms. The average Bonchev–Trinajstić information content (AvgIpc) is 2.94. The predicted octanol–water partition coefficient (Wildman–Crippen LogP) is 0.994. The van der Waals surface area contributed by atoms with Crippen LogP contribution in [0.2, 0.25) is 0 Å². The first-order valence-corrected chi connectivity index (χ1v) is 6.44. The molecule has 0 aromatic carbocycles. The van der Waals surface area contributed by atoms with Gasteiger partial charge < -0.3 is 10.0 Å². The SMILES string of the molecule is Cc1cc(C)n([C@H](C)C(=O)N2CC[C@H](C(=O)O)C2)n1. The molecule has 2 heterocycles. The van der Waals surface area contributed by atoms with Gasteiger partial charge in [-0.25, -0.2) is 0 Å². The molecular formula is C13H19N3O3. The van der Waals surface area contributed by atoms with E-state index in [1.165, 1.54) is 0 Å². The minimum absolute atomic E-state index is 0.0602. The number of amides is 1. The van der Waals surface area contributed by atoms with Gasteiger partial charge in [-0.1, -0.05) is 0 Å². The molecule has 1 amide bonds. The number of nitrogens with zero attached hydrogens (tertiary/aromatic N) is 3. The van der Waals surface area contributed by atoms with E-state index in [4.69, 9.17) is 5.11 Å². The molecule has 104 valence electrons. The van der Waals surface area contributed by atoms with Crippen molar-refractivity contribution in [2.24, 2.45) is 5.92 Å². The maximum absolute atomic E-state index is 12.3. The van der Waals surface area contributed by atoms with E-state index in [1.807, 2.05) is 19.9 Å². The molecule has 1 saturated heterocycles. The normalized spacial score (nSPS) is 20.6. The summed E-state index contributed by atoms with van der Waals surface area (Å²) < 4.78 is 1.70. The number of rotatable bonds is 3. The standard InChI is InChI=1S/C13H19N3O3/c1-8-6-9(2)16(14-8)10(3)12(17)15-5-4-11(7-15)13(18)19/h6,10-11H,4-5,7H2,1-3H3,(H,18,19)/t10-,11+/m1/s1. The first-order chi connectivity index (χ1) is 8.90. The van der Waals surface area contributed by atoms with E-state index in [0.29, 0.717) is 19.5 Å². The van der Waals surface area contributed by atoms with E-state index in [2.05, 4.69) is 5.10 Å². The molecule has 1 aromatic rings. The Morgan fingerprint density at radius 2 is 2.16 bits per heavy atom. The minimum atomic E-state index is -0.825. The molecule has 0 aliphatic carbocycles. The zero-order valence-electron chi connectivity index (χ0n) is 11.5. The number of carbonyl (C=O) groups excluding carboxylic acids is 1. The lowest BCUT2D eigenvalue weighted by molar-refractivity contribution is -0.141. The highest BCUT2D eigenvalue weighted by Crippen LogP contribution is 2.21. The third-order valence-electron chi connectivity index (χ3n) is 3.62. The van der Waals surface area contributed by atoms with Crippen LogP contribution < -0.4 is 0 Å². The molecule has 1 aromatic heterocycles. The molecule has 0 saturated carbocycles. The van der Waals surface area contributed by atoms with Crippen molar-refractivity contribution < 1.29 is 14.7 Å². The smallest absolute Gasteiger partial charge is 0.308 e. The van der Waals surface area contributed by atoms with Gasteiger partial charge >= 0.3 is 5.97 Å². The van der Waals surface area contributed by atoms with Crippen molar-refractivity contribution in [2.45, 2.75) is 33.2 Å². The summed E-state index contributed by atoms with van der Waals surface area (Å²) in [5.41, 5.74) is 1.81. The Bertz CT molecular complexity index is 509. The Morgan fingerprint density at radius 3 is 2.63 bits per heavy atom. The van der Waals surface area contributed by atoms with Crippen molar-refractivity contribution in [3.8, 4) is 0 Å². The summed E-state index contributed by atoms with van der Waals surface area (Å²) in [4.78, 5) is 24.9. The van der Waals surface area contributed by atoms with Gasteiger partial charge in [0.05, 0.1) is 11.6 Å². The summed E-state index contributed by atoms with van der Waals surface area (Å²) in [5, 5.41) is 13.3. The van der Waals surface area contributed by atoms with Crippen LogP contribution in [0.5, 0.6) is 0 Å². The van der Waals surface area contributed by atoms with Gasteiger partial charge in [-0.15, -0.1) is 0 Å². The summed E-state index contributed by atoms with van der Waals surface area (Å²) in [6.07, 6.45) is 0.533. The number of aliphatic carboxylic acids is 1. The van der Waals surface area contributed by atoms with E-state index < -0.39 is 11.9 Å². The van der Waals surface area contributed by atoms with Crippen molar-refractivity contribution in [2.75, 3.05) is 13.1 Å². The largest absolute Gasteiger partial charge is 0.481 e. The average molecular weight is 265 g/mol. The number of carboxylic acid groups (broad SMARTS) is 1. The molecule has 1 aliphatic rings. The molecule has 1 N–H and O–H groups in total. The minimum Gasteiger partial charge on any atom is -0.481 e. The Morgan fingerprint density at radius 1 is 1.47 bits per heavy atom. The van der Waals surface area contributed by atoms with Crippen LogP contribution in [-0.4, -0.2) is 44.8 Å². The van der Waals surface area contributed by atoms with E-state index in [1.54, 1.807) is 16.5 Å². The van der Waals surface area contributed by atoms with Crippen LogP contribution in [0, 0.1) is 19.8 Å². The highest BCUT2D eigenvalue weighted by Gasteiger charge is 2.33. The molecular weight excluding hydrogens is 246 g/mol. The van der Waals surface area contributed by atoms with Crippen LogP contribution in [0.3, 0.4) is 0 Å². The van der Waals surface area contributed by atoms with E-state index >= 15 is 0 Å². The number of aryl methyl sites for hydroxylation is 2. The molecule has 6 heteroatoms. The van der Waals surface area contributed by atoms with E-state index in [9.17, 15) is 9.59 Å². The Kier molecular flexibility index (Phi) is 3.59. The van der Waals surface area contributed by atoms with Gasteiger partial charge in [0.15, 0.2) is 0 Å². The summed E-state index contributed by atoms with van der Waals surface area (Å²) >= 11 is 0. The van der Waals surface area contributed by atoms with E-state index in [0.717, 1.165) is 11.4 Å². The van der Waals surface area contributed by atoms with Gasteiger partial charge in [0.1, 0.15) is 6.04 Å². The van der Waals surface area contributed by atoms with Crippen LogP contribution in [0.4, 0.5) is 0 Å². The maximum Gasteiger partial charge on any atom is 0.308 e. The second-order valence-electron chi connectivity index (χ2n) is 5.16. The molecule has 0 unspecified atom stereocenters. The van der Waals surface area contributed by atoms with Gasteiger partial charge in [-0.3, -0.25) is 14.3 Å². The van der Waals surface area contributed by atoms with Gasteiger partial charge in [0.25, 0.3) is 0 Å². The Balaban J connectivity index is 2.08. The fourth-order valence-corrected chi connectivity index (χ4v) is 2.57. The van der Waals surface area contributed by atoms with E-state index in [-0.39, 0.29) is 11.9 Å². The predicted molar refractivity (Wildman–Crippen MR) is 68.7 cm³/mol. The van der Waals surface area contributed by atoms with Crippen LogP contribution in [0.15, 0.2) is 6.07 Å². The number of carboxylic acids is 1.